The van der Waals surface area contributed by atoms with Crippen LogP contribution in [0.15, 0.2) is 12.3 Å². The highest BCUT2D eigenvalue weighted by Gasteiger charge is 2.41. The Morgan fingerprint density at radius 2 is 2.42 bits per heavy atom. The van der Waals surface area contributed by atoms with Crippen LogP contribution >= 0.6 is 12.2 Å². The Labute approximate surface area is 116 Å². The molecular weight excluding hydrogens is 262 g/mol. The number of amides is 1. The molecule has 1 aromatic rings. The van der Waals surface area contributed by atoms with Crippen molar-refractivity contribution in [3.8, 4) is 0 Å². The molecule has 2 aliphatic heterocycles. The lowest BCUT2D eigenvalue weighted by molar-refractivity contribution is -0.122. The van der Waals surface area contributed by atoms with E-state index in [1.807, 2.05) is 0 Å². The standard InChI is InChI=1S/C12H15N5OS/c13-10(19)8-3-4-15-16-11(8)17-5-1-2-7-9(17)6-14-12(7)18/h3-4,7,9H,1-2,5-6H2,(H2,13,19)(H,14,18). The first-order valence-electron chi connectivity index (χ1n) is 6.34. The molecule has 6 nitrogen and oxygen atoms in total. The fourth-order valence-corrected chi connectivity index (χ4v) is 3.10. The smallest absolute Gasteiger partial charge is 0.225 e. The minimum Gasteiger partial charge on any atom is -0.389 e. The first-order chi connectivity index (χ1) is 9.18. The highest BCUT2D eigenvalue weighted by atomic mass is 32.1. The number of nitrogens with two attached hydrogens (primary N) is 1. The summed E-state index contributed by atoms with van der Waals surface area (Å²) in [6.45, 7) is 1.50. The molecule has 1 amide bonds. The van der Waals surface area contributed by atoms with E-state index in [4.69, 9.17) is 18.0 Å². The van der Waals surface area contributed by atoms with Crippen molar-refractivity contribution in [2.24, 2.45) is 11.7 Å². The molecule has 3 heterocycles. The van der Waals surface area contributed by atoms with Gasteiger partial charge in [-0.15, -0.1) is 5.10 Å². The summed E-state index contributed by atoms with van der Waals surface area (Å²) in [4.78, 5) is 14.2. The number of fused-ring (bicyclic) bond motifs is 1. The molecule has 100 valence electrons. The normalized spacial score (nSPS) is 25.9. The third-order valence-corrected chi connectivity index (χ3v) is 4.06. The topological polar surface area (TPSA) is 84.1 Å². The summed E-state index contributed by atoms with van der Waals surface area (Å²) in [5.41, 5.74) is 6.47. The lowest BCUT2D eigenvalue weighted by Gasteiger charge is -2.37. The minimum absolute atomic E-state index is 0.0370. The largest absolute Gasteiger partial charge is 0.389 e. The first-order valence-corrected chi connectivity index (χ1v) is 6.75. The molecule has 2 fully saturated rings. The van der Waals surface area contributed by atoms with Gasteiger partial charge in [-0.1, -0.05) is 12.2 Å². The maximum atomic E-state index is 11.8. The third kappa shape index (κ3) is 2.03. The molecule has 2 saturated heterocycles. The number of nitrogens with one attached hydrogen (secondary N) is 1. The Bertz CT molecular complexity index is 535. The molecule has 0 bridgehead atoms. The lowest BCUT2D eigenvalue weighted by atomic mass is 9.91. The SMILES string of the molecule is NC(=S)c1ccnnc1N1CCCC2C(=O)NCC21. The van der Waals surface area contributed by atoms with Crippen LogP contribution in [0.4, 0.5) is 5.82 Å². The highest BCUT2D eigenvalue weighted by molar-refractivity contribution is 7.80. The number of hydrogen-bond acceptors (Lipinski definition) is 5. The van der Waals surface area contributed by atoms with Gasteiger partial charge in [0.25, 0.3) is 0 Å². The fraction of sp³-hybridized carbons (Fsp3) is 0.500. The Kier molecular flexibility index (Phi) is 3.06. The number of rotatable bonds is 2. The Balaban J connectivity index is 1.97. The number of thiocarbonyl (C=S) groups is 1. The molecule has 3 rings (SSSR count). The van der Waals surface area contributed by atoms with Gasteiger partial charge in [0.1, 0.15) is 4.99 Å². The van der Waals surface area contributed by atoms with Gasteiger partial charge in [-0.05, 0) is 18.9 Å². The van der Waals surface area contributed by atoms with Crippen LogP contribution in [-0.4, -0.2) is 40.2 Å². The van der Waals surface area contributed by atoms with Gasteiger partial charge in [0, 0.05) is 13.1 Å². The quantitative estimate of drug-likeness (QED) is 0.730. The van der Waals surface area contributed by atoms with E-state index in [1.165, 1.54) is 0 Å². The van der Waals surface area contributed by atoms with Crippen LogP contribution in [0.25, 0.3) is 0 Å². The number of carbonyl (C=O) groups is 1. The first kappa shape index (κ1) is 12.3. The van der Waals surface area contributed by atoms with E-state index < -0.39 is 0 Å². The van der Waals surface area contributed by atoms with Crippen molar-refractivity contribution >= 4 is 28.9 Å². The Hall–Kier alpha value is -1.76. The molecule has 1 aromatic heterocycles. The predicted octanol–water partition coefficient (Wildman–Crippen LogP) is -0.174. The number of nitrogens with zero attached hydrogens (tertiary/aromatic N) is 3. The lowest BCUT2D eigenvalue weighted by Crippen LogP contribution is -2.47. The van der Waals surface area contributed by atoms with Crippen LogP contribution < -0.4 is 16.0 Å². The van der Waals surface area contributed by atoms with Crippen LogP contribution in [0.5, 0.6) is 0 Å². The predicted molar refractivity (Wildman–Crippen MR) is 74.8 cm³/mol. The number of aromatic nitrogens is 2. The zero-order valence-electron chi connectivity index (χ0n) is 10.4. The van der Waals surface area contributed by atoms with Crippen molar-refractivity contribution in [3.05, 3.63) is 17.8 Å². The number of hydrogen-bond donors (Lipinski definition) is 2. The molecule has 0 aromatic carbocycles. The Morgan fingerprint density at radius 3 is 3.21 bits per heavy atom. The summed E-state index contributed by atoms with van der Waals surface area (Å²) >= 11 is 5.06. The third-order valence-electron chi connectivity index (χ3n) is 3.84. The van der Waals surface area contributed by atoms with Crippen LogP contribution in [0.1, 0.15) is 18.4 Å². The molecule has 7 heteroatoms. The van der Waals surface area contributed by atoms with Crippen molar-refractivity contribution in [1.82, 2.24) is 15.5 Å². The molecule has 0 saturated carbocycles. The summed E-state index contributed by atoms with van der Waals surface area (Å²) in [6, 6.07) is 1.91. The highest BCUT2D eigenvalue weighted by Crippen LogP contribution is 2.31. The van der Waals surface area contributed by atoms with E-state index in [1.54, 1.807) is 12.3 Å². The van der Waals surface area contributed by atoms with E-state index in [9.17, 15) is 4.79 Å². The van der Waals surface area contributed by atoms with Crippen LogP contribution in [-0.2, 0) is 4.79 Å². The molecule has 2 atom stereocenters. The van der Waals surface area contributed by atoms with Crippen LogP contribution in [0.2, 0.25) is 0 Å². The number of carbonyl (C=O) groups excluding carboxylic acids is 1. The second-order valence-corrected chi connectivity index (χ2v) is 5.33. The van der Waals surface area contributed by atoms with E-state index in [-0.39, 0.29) is 17.9 Å². The van der Waals surface area contributed by atoms with Crippen LogP contribution in [0, 0.1) is 5.92 Å². The van der Waals surface area contributed by atoms with E-state index in [0.717, 1.165) is 24.9 Å². The Morgan fingerprint density at radius 1 is 1.58 bits per heavy atom. The van der Waals surface area contributed by atoms with Gasteiger partial charge in [-0.2, -0.15) is 5.10 Å². The van der Waals surface area contributed by atoms with Gasteiger partial charge in [0.05, 0.1) is 23.7 Å². The zero-order valence-corrected chi connectivity index (χ0v) is 11.2. The van der Waals surface area contributed by atoms with Crippen molar-refractivity contribution < 1.29 is 4.79 Å². The average molecular weight is 277 g/mol. The van der Waals surface area contributed by atoms with E-state index in [0.29, 0.717) is 17.4 Å². The molecule has 0 radical (unpaired) electrons. The van der Waals surface area contributed by atoms with Gasteiger partial charge >= 0.3 is 0 Å². The van der Waals surface area contributed by atoms with Gasteiger partial charge < -0.3 is 16.0 Å². The van der Waals surface area contributed by atoms with Crippen molar-refractivity contribution in [1.29, 1.82) is 0 Å². The summed E-state index contributed by atoms with van der Waals surface area (Å²) in [5, 5.41) is 11.0. The van der Waals surface area contributed by atoms with Gasteiger partial charge in [0.2, 0.25) is 5.91 Å². The summed E-state index contributed by atoms with van der Waals surface area (Å²) < 4.78 is 0. The van der Waals surface area contributed by atoms with Gasteiger partial charge in [-0.25, -0.2) is 0 Å². The van der Waals surface area contributed by atoms with Gasteiger partial charge in [0.15, 0.2) is 5.82 Å². The molecule has 2 aliphatic rings. The monoisotopic (exact) mass is 277 g/mol. The summed E-state index contributed by atoms with van der Waals surface area (Å²) in [7, 11) is 0. The molecule has 19 heavy (non-hydrogen) atoms. The molecule has 3 N–H and O–H groups in total. The molecule has 0 aliphatic carbocycles. The van der Waals surface area contributed by atoms with Crippen molar-refractivity contribution in [2.45, 2.75) is 18.9 Å². The van der Waals surface area contributed by atoms with Crippen molar-refractivity contribution in [2.75, 3.05) is 18.0 Å². The maximum Gasteiger partial charge on any atom is 0.225 e. The average Bonchev–Trinajstić information content (AvgIpc) is 2.81. The zero-order chi connectivity index (χ0) is 13.4. The maximum absolute atomic E-state index is 11.8. The summed E-state index contributed by atoms with van der Waals surface area (Å²) in [6.07, 6.45) is 3.47. The number of anilines is 1. The number of piperidine rings is 1. The van der Waals surface area contributed by atoms with Crippen LogP contribution in [0.3, 0.4) is 0 Å². The molecule has 2 unspecified atom stereocenters. The minimum atomic E-state index is 0.0370. The second-order valence-electron chi connectivity index (χ2n) is 4.89. The second kappa shape index (κ2) is 4.73. The van der Waals surface area contributed by atoms with Gasteiger partial charge in [-0.3, -0.25) is 4.79 Å². The van der Waals surface area contributed by atoms with E-state index >= 15 is 0 Å². The van der Waals surface area contributed by atoms with E-state index in [2.05, 4.69) is 20.4 Å². The fourth-order valence-electron chi connectivity index (χ4n) is 2.94. The molecule has 0 spiro atoms. The molecular formula is C12H15N5OS. The van der Waals surface area contributed by atoms with Crippen molar-refractivity contribution in [3.63, 3.8) is 0 Å². The summed E-state index contributed by atoms with van der Waals surface area (Å²) in [5.74, 6) is 0.867.